The van der Waals surface area contributed by atoms with Crippen LogP contribution in [0.4, 0.5) is 10.5 Å². The van der Waals surface area contributed by atoms with Gasteiger partial charge in [-0.05, 0) is 60.2 Å². The first-order chi connectivity index (χ1) is 16.8. The number of halogens is 3. The number of nitrogens with one attached hydrogen (secondary N) is 1. The summed E-state index contributed by atoms with van der Waals surface area (Å²) in [7, 11) is 1.51. The Morgan fingerprint density at radius 3 is 2.40 bits per heavy atom. The van der Waals surface area contributed by atoms with Crippen LogP contribution in [0.25, 0.3) is 6.08 Å². The van der Waals surface area contributed by atoms with Crippen LogP contribution in [-0.2, 0) is 16.2 Å². The van der Waals surface area contributed by atoms with Crippen LogP contribution in [-0.4, -0.2) is 25.0 Å². The van der Waals surface area contributed by atoms with Crippen LogP contribution in [0.5, 0.6) is 11.5 Å². The number of anilines is 1. The Balaban J connectivity index is 1.68. The molecule has 0 aliphatic carbocycles. The number of urea groups is 1. The van der Waals surface area contributed by atoms with E-state index in [1.54, 1.807) is 60.7 Å². The van der Waals surface area contributed by atoms with Gasteiger partial charge in [-0.2, -0.15) is 0 Å². The minimum absolute atomic E-state index is 0.143. The lowest BCUT2D eigenvalue weighted by Crippen LogP contribution is -2.54. The van der Waals surface area contributed by atoms with Gasteiger partial charge in [-0.25, -0.2) is 9.69 Å². The second-order valence-electron chi connectivity index (χ2n) is 7.38. The molecule has 0 spiro atoms. The van der Waals surface area contributed by atoms with Crippen molar-refractivity contribution in [2.45, 2.75) is 6.61 Å². The number of ether oxygens (including phenoxy) is 2. The minimum Gasteiger partial charge on any atom is -0.497 e. The van der Waals surface area contributed by atoms with Gasteiger partial charge in [0.25, 0.3) is 11.8 Å². The summed E-state index contributed by atoms with van der Waals surface area (Å²) in [5, 5.41) is 3.03. The molecule has 178 valence electrons. The van der Waals surface area contributed by atoms with Crippen LogP contribution in [0.1, 0.15) is 11.1 Å². The average molecular weight is 576 g/mol. The highest BCUT2D eigenvalue weighted by Gasteiger charge is 2.37. The molecule has 0 bridgehead atoms. The second kappa shape index (κ2) is 10.5. The third-order valence-electron chi connectivity index (χ3n) is 5.09. The number of imide groups is 2. The molecule has 0 atom stereocenters. The molecule has 1 fully saturated rings. The van der Waals surface area contributed by atoms with Gasteiger partial charge >= 0.3 is 6.03 Å². The summed E-state index contributed by atoms with van der Waals surface area (Å²) in [4.78, 5) is 39.1. The van der Waals surface area contributed by atoms with Crippen LogP contribution < -0.4 is 19.7 Å². The van der Waals surface area contributed by atoms with Gasteiger partial charge < -0.3 is 9.47 Å². The molecule has 0 radical (unpaired) electrons. The lowest BCUT2D eigenvalue weighted by Gasteiger charge is -2.26. The summed E-state index contributed by atoms with van der Waals surface area (Å²) >= 11 is 15.4. The quantitative estimate of drug-likeness (QED) is 0.287. The molecule has 0 unspecified atom stereocenters. The normalized spacial score (nSPS) is 14.8. The molecule has 35 heavy (non-hydrogen) atoms. The van der Waals surface area contributed by atoms with Crippen molar-refractivity contribution in [3.8, 4) is 11.5 Å². The topological polar surface area (TPSA) is 84.9 Å². The zero-order valence-electron chi connectivity index (χ0n) is 18.2. The lowest BCUT2D eigenvalue weighted by atomic mass is 10.1. The second-order valence-corrected chi connectivity index (χ2v) is 9.11. The maximum Gasteiger partial charge on any atom is 0.335 e. The molecule has 0 saturated carbocycles. The molecule has 4 rings (SSSR count). The van der Waals surface area contributed by atoms with Crippen molar-refractivity contribution in [2.24, 2.45) is 0 Å². The molecule has 1 saturated heterocycles. The average Bonchev–Trinajstić information content (AvgIpc) is 2.84. The number of hydrogen-bond acceptors (Lipinski definition) is 5. The number of hydrogen-bond donors (Lipinski definition) is 1. The van der Waals surface area contributed by atoms with Crippen LogP contribution in [0.2, 0.25) is 10.0 Å². The van der Waals surface area contributed by atoms with E-state index in [2.05, 4.69) is 21.2 Å². The zero-order valence-corrected chi connectivity index (χ0v) is 21.3. The SMILES string of the molecule is COc1ccc(/C=C2\C(=O)NC(=O)N(c3ccc(Br)cc3)C2=O)c(OCc2ccc(Cl)c(Cl)c2)c1. The van der Waals surface area contributed by atoms with Crippen LogP contribution in [0, 0.1) is 0 Å². The molecule has 1 aliphatic rings. The van der Waals surface area contributed by atoms with Gasteiger partial charge in [-0.15, -0.1) is 0 Å². The highest BCUT2D eigenvalue weighted by Crippen LogP contribution is 2.30. The van der Waals surface area contributed by atoms with Crippen molar-refractivity contribution in [1.82, 2.24) is 5.32 Å². The van der Waals surface area contributed by atoms with Gasteiger partial charge in [0.2, 0.25) is 0 Å². The van der Waals surface area contributed by atoms with Crippen molar-refractivity contribution in [1.29, 1.82) is 0 Å². The molecule has 0 aromatic heterocycles. The number of benzene rings is 3. The van der Waals surface area contributed by atoms with E-state index in [-0.39, 0.29) is 12.2 Å². The van der Waals surface area contributed by atoms with E-state index in [4.69, 9.17) is 32.7 Å². The van der Waals surface area contributed by atoms with Gasteiger partial charge in [0, 0.05) is 16.1 Å². The van der Waals surface area contributed by atoms with Gasteiger partial charge in [-0.3, -0.25) is 14.9 Å². The van der Waals surface area contributed by atoms with Crippen LogP contribution in [0.15, 0.2) is 70.7 Å². The summed E-state index contributed by atoms with van der Waals surface area (Å²) < 4.78 is 12.0. The third kappa shape index (κ3) is 5.51. The van der Waals surface area contributed by atoms with Crippen LogP contribution in [0.3, 0.4) is 0 Å². The van der Waals surface area contributed by atoms with Gasteiger partial charge in [0.05, 0.1) is 22.8 Å². The number of methoxy groups -OCH3 is 1. The summed E-state index contributed by atoms with van der Waals surface area (Å²) in [6.07, 6.45) is 1.37. The number of carbonyl (C=O) groups excluding carboxylic acids is 3. The fraction of sp³-hybridized carbons (Fsp3) is 0.0800. The van der Waals surface area contributed by atoms with E-state index in [9.17, 15) is 14.4 Å². The first-order valence-corrected chi connectivity index (χ1v) is 11.7. The van der Waals surface area contributed by atoms with E-state index in [1.807, 2.05) is 0 Å². The van der Waals surface area contributed by atoms with Gasteiger partial charge in [-0.1, -0.05) is 45.2 Å². The predicted octanol–water partition coefficient (Wildman–Crippen LogP) is 6.01. The van der Waals surface area contributed by atoms with E-state index >= 15 is 0 Å². The van der Waals surface area contributed by atoms with Crippen molar-refractivity contribution < 1.29 is 23.9 Å². The van der Waals surface area contributed by atoms with E-state index in [0.29, 0.717) is 32.8 Å². The molecule has 1 N–H and O–H groups in total. The summed E-state index contributed by atoms with van der Waals surface area (Å²) in [6, 6.07) is 15.8. The summed E-state index contributed by atoms with van der Waals surface area (Å²) in [6.45, 7) is 0.143. The number of nitrogens with zero attached hydrogens (tertiary/aromatic N) is 1. The highest BCUT2D eigenvalue weighted by molar-refractivity contribution is 9.10. The minimum atomic E-state index is -0.828. The Morgan fingerprint density at radius 1 is 0.971 bits per heavy atom. The Bertz CT molecular complexity index is 1360. The third-order valence-corrected chi connectivity index (χ3v) is 6.35. The monoisotopic (exact) mass is 574 g/mol. The Hall–Kier alpha value is -3.33. The Labute approximate surface area is 219 Å². The molecule has 3 aromatic carbocycles. The number of amides is 4. The van der Waals surface area contributed by atoms with Crippen molar-refractivity contribution in [3.05, 3.63) is 91.9 Å². The van der Waals surface area contributed by atoms with Crippen molar-refractivity contribution >= 4 is 68.7 Å². The fourth-order valence-corrected chi connectivity index (χ4v) is 3.90. The number of barbiturate groups is 1. The van der Waals surface area contributed by atoms with Gasteiger partial charge in [0.1, 0.15) is 23.7 Å². The van der Waals surface area contributed by atoms with E-state index < -0.39 is 17.8 Å². The number of rotatable bonds is 6. The molecular weight excluding hydrogens is 559 g/mol. The smallest absolute Gasteiger partial charge is 0.335 e. The first-order valence-electron chi connectivity index (χ1n) is 10.2. The number of carbonyl (C=O) groups is 3. The highest BCUT2D eigenvalue weighted by atomic mass is 79.9. The fourth-order valence-electron chi connectivity index (χ4n) is 3.31. The summed E-state index contributed by atoms with van der Waals surface area (Å²) in [5.74, 6) is -0.690. The lowest BCUT2D eigenvalue weighted by molar-refractivity contribution is -0.122. The Morgan fingerprint density at radius 2 is 1.71 bits per heavy atom. The zero-order chi connectivity index (χ0) is 25.1. The van der Waals surface area contributed by atoms with Gasteiger partial charge in [0.15, 0.2) is 0 Å². The van der Waals surface area contributed by atoms with Crippen molar-refractivity contribution in [3.63, 3.8) is 0 Å². The standard InChI is InChI=1S/C25H17BrCl2N2O5/c1-34-18-8-3-15(22(12-18)35-13-14-2-9-20(27)21(28)10-14)11-19-23(31)29-25(33)30(24(19)32)17-6-4-16(26)5-7-17/h2-12H,13H2,1H3,(H,29,31,33)/b19-11+. The molecule has 10 heteroatoms. The molecule has 4 amide bonds. The predicted molar refractivity (Wildman–Crippen MR) is 137 cm³/mol. The molecule has 1 heterocycles. The summed E-state index contributed by atoms with van der Waals surface area (Å²) in [5.41, 5.74) is 1.30. The maximum atomic E-state index is 13.2. The largest absolute Gasteiger partial charge is 0.497 e. The van der Waals surface area contributed by atoms with E-state index in [0.717, 1.165) is 14.9 Å². The molecule has 7 nitrogen and oxygen atoms in total. The van der Waals surface area contributed by atoms with E-state index in [1.165, 1.54) is 13.2 Å². The maximum absolute atomic E-state index is 13.2. The molecular formula is C25H17BrCl2N2O5. The Kier molecular flexibility index (Phi) is 7.45. The van der Waals surface area contributed by atoms with Crippen LogP contribution >= 0.6 is 39.1 Å². The van der Waals surface area contributed by atoms with Crippen molar-refractivity contribution in [2.75, 3.05) is 12.0 Å². The first kappa shape index (κ1) is 24.8. The molecule has 1 aliphatic heterocycles. The molecule has 3 aromatic rings.